The zero-order chi connectivity index (χ0) is 14.6. The van der Waals surface area contributed by atoms with E-state index in [0.29, 0.717) is 39.1 Å². The molecule has 0 aliphatic heterocycles. The highest BCUT2D eigenvalue weighted by atomic mass is 32.1. The Morgan fingerprint density at radius 2 is 2.00 bits per heavy atom. The van der Waals surface area contributed by atoms with Crippen molar-refractivity contribution in [3.8, 4) is 0 Å². The van der Waals surface area contributed by atoms with Gasteiger partial charge in [-0.2, -0.15) is 0 Å². The summed E-state index contributed by atoms with van der Waals surface area (Å²) in [5, 5.41) is 6.53. The van der Waals surface area contributed by atoms with Crippen LogP contribution >= 0.6 is 11.3 Å². The average molecular weight is 302 g/mol. The van der Waals surface area contributed by atoms with Crippen LogP contribution in [0.2, 0.25) is 0 Å². The molecule has 0 amide bonds. The minimum atomic E-state index is 0.483. The molecule has 1 aromatic rings. The number of hydrogen-bond donors (Lipinski definition) is 1. The lowest BCUT2D eigenvalue weighted by molar-refractivity contribution is 0.0479. The van der Waals surface area contributed by atoms with Crippen molar-refractivity contribution in [2.24, 2.45) is 0 Å². The first-order valence-corrected chi connectivity index (χ1v) is 7.91. The predicted molar refractivity (Wildman–Crippen MR) is 81.1 cm³/mol. The van der Waals surface area contributed by atoms with Gasteiger partial charge in [0.1, 0.15) is 5.01 Å². The molecule has 0 spiro atoms. The average Bonchev–Trinajstić information content (AvgIpc) is 2.87. The normalized spacial score (nSPS) is 11.4. The van der Waals surface area contributed by atoms with Crippen LogP contribution in [0.3, 0.4) is 0 Å². The summed E-state index contributed by atoms with van der Waals surface area (Å²) in [4.78, 5) is 4.52. The van der Waals surface area contributed by atoms with Crippen LogP contribution in [0, 0.1) is 0 Å². The molecule has 1 N–H and O–H groups in total. The molecule has 0 unspecified atom stereocenters. The Morgan fingerprint density at radius 1 is 1.20 bits per heavy atom. The van der Waals surface area contributed by atoms with E-state index in [2.05, 4.69) is 29.5 Å². The number of ether oxygens (including phenoxy) is 3. The summed E-state index contributed by atoms with van der Waals surface area (Å²) < 4.78 is 15.8. The lowest BCUT2D eigenvalue weighted by Crippen LogP contribution is -2.21. The second kappa shape index (κ2) is 11.2. The number of thiazole rings is 1. The molecular formula is C14H26N2O3S. The smallest absolute Gasteiger partial charge is 0.107 e. The molecule has 0 aliphatic rings. The summed E-state index contributed by atoms with van der Waals surface area (Å²) in [6.45, 7) is 8.38. The quantitative estimate of drug-likeness (QED) is 0.600. The van der Waals surface area contributed by atoms with Gasteiger partial charge in [0.25, 0.3) is 0 Å². The number of rotatable bonds is 12. The van der Waals surface area contributed by atoms with Crippen LogP contribution < -0.4 is 5.32 Å². The molecule has 20 heavy (non-hydrogen) atoms. The predicted octanol–water partition coefficient (Wildman–Crippen LogP) is 2.21. The summed E-state index contributed by atoms with van der Waals surface area (Å²) in [7, 11) is 1.67. The third kappa shape index (κ3) is 8.60. The summed E-state index contributed by atoms with van der Waals surface area (Å²) in [5.41, 5.74) is 1.01. The molecule has 0 radical (unpaired) electrons. The lowest BCUT2D eigenvalue weighted by atomic mass is 10.4. The first-order chi connectivity index (χ1) is 9.72. The van der Waals surface area contributed by atoms with Gasteiger partial charge in [-0.3, -0.25) is 0 Å². The number of hydrogen-bond acceptors (Lipinski definition) is 6. The Hall–Kier alpha value is -0.530. The first kappa shape index (κ1) is 17.5. The topological polar surface area (TPSA) is 52.6 Å². The third-order valence-electron chi connectivity index (χ3n) is 2.52. The van der Waals surface area contributed by atoms with Crippen LogP contribution in [0.4, 0.5) is 0 Å². The third-order valence-corrected chi connectivity index (χ3v) is 3.42. The molecule has 0 fully saturated rings. The van der Waals surface area contributed by atoms with E-state index in [-0.39, 0.29) is 0 Å². The summed E-state index contributed by atoms with van der Waals surface area (Å²) >= 11 is 1.68. The highest BCUT2D eigenvalue weighted by Crippen LogP contribution is 2.10. The molecule has 0 bridgehead atoms. The van der Waals surface area contributed by atoms with Crippen molar-refractivity contribution in [3.05, 3.63) is 16.1 Å². The second-order valence-corrected chi connectivity index (χ2v) is 5.72. The Balaban J connectivity index is 2.01. The van der Waals surface area contributed by atoms with E-state index < -0.39 is 0 Å². The minimum absolute atomic E-state index is 0.483. The van der Waals surface area contributed by atoms with Crippen LogP contribution in [0.1, 0.15) is 31.0 Å². The van der Waals surface area contributed by atoms with Crippen LogP contribution in [0.15, 0.2) is 5.38 Å². The van der Waals surface area contributed by atoms with Crippen molar-refractivity contribution in [3.63, 3.8) is 0 Å². The lowest BCUT2D eigenvalue weighted by Gasteiger charge is -2.05. The Bertz CT molecular complexity index is 345. The molecule has 0 saturated heterocycles. The number of nitrogens with one attached hydrogen (secondary N) is 1. The van der Waals surface area contributed by atoms with Gasteiger partial charge in [0, 0.05) is 38.3 Å². The number of methoxy groups -OCH3 is 1. The molecule has 1 aromatic heterocycles. The first-order valence-electron chi connectivity index (χ1n) is 7.03. The molecule has 1 heterocycles. The van der Waals surface area contributed by atoms with Crippen molar-refractivity contribution in [2.75, 3.05) is 33.5 Å². The van der Waals surface area contributed by atoms with E-state index in [0.717, 1.165) is 23.7 Å². The standard InChI is InChI=1S/C14H26N2O3S/c1-12(2)15-9-14-16-13(11-20-14)10-19-6-4-5-18-8-7-17-3/h11-12,15H,4-10H2,1-3H3. The van der Waals surface area contributed by atoms with Gasteiger partial charge in [0.05, 0.1) is 25.5 Å². The van der Waals surface area contributed by atoms with Crippen LogP contribution in [0.5, 0.6) is 0 Å². The van der Waals surface area contributed by atoms with Crippen molar-refractivity contribution >= 4 is 11.3 Å². The molecule has 1 rings (SSSR count). The highest BCUT2D eigenvalue weighted by molar-refractivity contribution is 7.09. The fourth-order valence-corrected chi connectivity index (χ4v) is 2.20. The van der Waals surface area contributed by atoms with Crippen molar-refractivity contribution in [2.45, 2.75) is 39.5 Å². The zero-order valence-corrected chi connectivity index (χ0v) is 13.5. The van der Waals surface area contributed by atoms with Gasteiger partial charge in [0.2, 0.25) is 0 Å². The van der Waals surface area contributed by atoms with Gasteiger partial charge in [-0.15, -0.1) is 11.3 Å². The van der Waals surface area contributed by atoms with Gasteiger partial charge in [-0.05, 0) is 6.42 Å². The van der Waals surface area contributed by atoms with Gasteiger partial charge in [-0.25, -0.2) is 4.98 Å². The van der Waals surface area contributed by atoms with Gasteiger partial charge < -0.3 is 19.5 Å². The maximum atomic E-state index is 5.58. The molecule has 0 aliphatic carbocycles. The fraction of sp³-hybridized carbons (Fsp3) is 0.786. The molecule has 5 nitrogen and oxygen atoms in total. The molecule has 0 aromatic carbocycles. The Labute approximate surface area is 125 Å². The highest BCUT2D eigenvalue weighted by Gasteiger charge is 2.03. The summed E-state index contributed by atoms with van der Waals surface area (Å²) in [6.07, 6.45) is 0.898. The fourth-order valence-electron chi connectivity index (χ4n) is 1.47. The Kier molecular flexibility index (Phi) is 9.78. The van der Waals surface area contributed by atoms with Gasteiger partial charge in [-0.1, -0.05) is 13.8 Å². The van der Waals surface area contributed by atoms with Gasteiger partial charge in [0.15, 0.2) is 0 Å². The van der Waals surface area contributed by atoms with E-state index >= 15 is 0 Å². The maximum absolute atomic E-state index is 5.58. The molecule has 6 heteroatoms. The van der Waals surface area contributed by atoms with Crippen LogP contribution in [0.25, 0.3) is 0 Å². The number of aromatic nitrogens is 1. The van der Waals surface area contributed by atoms with E-state index in [1.165, 1.54) is 0 Å². The van der Waals surface area contributed by atoms with E-state index in [9.17, 15) is 0 Å². The molecule has 0 saturated carbocycles. The zero-order valence-electron chi connectivity index (χ0n) is 12.7. The monoisotopic (exact) mass is 302 g/mol. The SMILES string of the molecule is COCCOCCCOCc1csc(CNC(C)C)n1. The van der Waals surface area contributed by atoms with Crippen molar-refractivity contribution in [1.82, 2.24) is 10.3 Å². The maximum Gasteiger partial charge on any atom is 0.107 e. The largest absolute Gasteiger partial charge is 0.382 e. The van der Waals surface area contributed by atoms with Crippen molar-refractivity contribution < 1.29 is 14.2 Å². The summed E-state index contributed by atoms with van der Waals surface area (Å²) in [6, 6.07) is 0.483. The molecule has 116 valence electrons. The van der Waals surface area contributed by atoms with E-state index in [1.807, 2.05) is 0 Å². The second-order valence-electron chi connectivity index (χ2n) is 4.78. The van der Waals surface area contributed by atoms with Gasteiger partial charge >= 0.3 is 0 Å². The van der Waals surface area contributed by atoms with E-state index in [1.54, 1.807) is 18.4 Å². The van der Waals surface area contributed by atoms with Crippen molar-refractivity contribution in [1.29, 1.82) is 0 Å². The molecule has 0 atom stereocenters. The van der Waals surface area contributed by atoms with E-state index in [4.69, 9.17) is 14.2 Å². The minimum Gasteiger partial charge on any atom is -0.382 e. The van der Waals surface area contributed by atoms with Crippen LogP contribution in [-0.4, -0.2) is 44.6 Å². The van der Waals surface area contributed by atoms with Crippen LogP contribution in [-0.2, 0) is 27.4 Å². The number of nitrogens with zero attached hydrogens (tertiary/aromatic N) is 1. The molecular weight excluding hydrogens is 276 g/mol. The Morgan fingerprint density at radius 3 is 2.75 bits per heavy atom. The summed E-state index contributed by atoms with van der Waals surface area (Å²) in [5.74, 6) is 0.